The maximum Gasteiger partial charge on any atom is 0.325 e. The fourth-order valence-corrected chi connectivity index (χ4v) is 2.58. The Balaban J connectivity index is 2.24. The van der Waals surface area contributed by atoms with E-state index in [-0.39, 0.29) is 18.6 Å². The number of hydrogen-bond acceptors (Lipinski definition) is 5. The van der Waals surface area contributed by atoms with E-state index in [1.807, 2.05) is 6.92 Å². The first kappa shape index (κ1) is 14.3. The molecule has 2 heterocycles. The van der Waals surface area contributed by atoms with E-state index >= 15 is 0 Å². The lowest BCUT2D eigenvalue weighted by Crippen LogP contribution is -2.54. The van der Waals surface area contributed by atoms with Gasteiger partial charge in [0, 0.05) is 12.1 Å². The molecule has 1 unspecified atom stereocenters. The van der Waals surface area contributed by atoms with Crippen molar-refractivity contribution in [2.45, 2.75) is 44.4 Å². The second-order valence-electron chi connectivity index (χ2n) is 5.22. The number of amides is 2. The van der Waals surface area contributed by atoms with Crippen LogP contribution in [0.4, 0.5) is 4.79 Å². The molecule has 5 N–H and O–H groups in total. The summed E-state index contributed by atoms with van der Waals surface area (Å²) in [5, 5.41) is 22.2. The molecular weight excluding hydrogens is 250 g/mol. The molecule has 0 aromatic heterocycles. The first-order valence-electron chi connectivity index (χ1n) is 6.42. The average molecular weight is 271 g/mol. The second-order valence-corrected chi connectivity index (χ2v) is 5.22. The zero-order chi connectivity index (χ0) is 14.2. The maximum atomic E-state index is 11.9. The number of nitrogens with one attached hydrogen (secondary N) is 1. The third-order valence-corrected chi connectivity index (χ3v) is 3.83. The molecule has 0 spiro atoms. The summed E-state index contributed by atoms with van der Waals surface area (Å²) in [6.45, 7) is 3.24. The predicted molar refractivity (Wildman–Crippen MR) is 67.6 cm³/mol. The minimum atomic E-state index is -1.06. The van der Waals surface area contributed by atoms with Crippen LogP contribution in [0.5, 0.6) is 0 Å². The lowest BCUT2D eigenvalue weighted by Gasteiger charge is -2.33. The molecule has 0 aromatic carbocycles. The van der Waals surface area contributed by atoms with Crippen molar-refractivity contribution >= 4 is 6.03 Å². The highest BCUT2D eigenvalue weighted by Gasteiger charge is 2.53. The molecule has 108 valence electrons. The number of ether oxygens (including phenoxy) is 1. The summed E-state index contributed by atoms with van der Waals surface area (Å²) >= 11 is 0. The van der Waals surface area contributed by atoms with Crippen molar-refractivity contribution in [3.05, 3.63) is 12.3 Å². The Hall–Kier alpha value is -1.15. The minimum Gasteiger partial charge on any atom is -0.393 e. The van der Waals surface area contributed by atoms with Crippen LogP contribution in [0, 0.1) is 5.92 Å². The molecule has 0 aliphatic carbocycles. The van der Waals surface area contributed by atoms with Crippen LogP contribution < -0.4 is 11.1 Å². The van der Waals surface area contributed by atoms with Crippen molar-refractivity contribution in [3.63, 3.8) is 0 Å². The standard InChI is InChI=1S/C12H21N3O4/c1-3-7-9(17)12(2,6-16)19-10(7)15-5-4-8(13)14-11(15)18/h4-5,7-10,16-17H,3,6,13H2,1-2H3,(H,14,18)/t7-,8?,9-,10+,12+/m0/s1. The highest BCUT2D eigenvalue weighted by molar-refractivity contribution is 5.77. The third kappa shape index (κ3) is 2.34. The van der Waals surface area contributed by atoms with Crippen molar-refractivity contribution in [3.8, 4) is 0 Å². The Kier molecular flexibility index (Phi) is 3.82. The topological polar surface area (TPSA) is 108 Å². The first-order chi connectivity index (χ1) is 8.92. The van der Waals surface area contributed by atoms with Crippen LogP contribution in [-0.4, -0.2) is 51.8 Å². The fraction of sp³-hybridized carbons (Fsp3) is 0.750. The predicted octanol–water partition coefficient (Wildman–Crippen LogP) is -0.695. The smallest absolute Gasteiger partial charge is 0.325 e. The molecule has 0 saturated carbocycles. The normalized spacial score (nSPS) is 42.6. The molecule has 7 heteroatoms. The van der Waals surface area contributed by atoms with Gasteiger partial charge in [-0.1, -0.05) is 6.92 Å². The van der Waals surface area contributed by atoms with Crippen molar-refractivity contribution in [2.75, 3.05) is 6.61 Å². The van der Waals surface area contributed by atoms with Gasteiger partial charge in [0.2, 0.25) is 0 Å². The molecule has 0 radical (unpaired) electrons. The van der Waals surface area contributed by atoms with Crippen molar-refractivity contribution in [1.29, 1.82) is 0 Å². The van der Waals surface area contributed by atoms with E-state index in [1.54, 1.807) is 19.2 Å². The van der Waals surface area contributed by atoms with Gasteiger partial charge in [-0.3, -0.25) is 4.90 Å². The third-order valence-electron chi connectivity index (χ3n) is 3.83. The largest absolute Gasteiger partial charge is 0.393 e. The van der Waals surface area contributed by atoms with E-state index in [0.717, 1.165) is 0 Å². The Bertz CT molecular complexity index is 389. The van der Waals surface area contributed by atoms with Crippen LogP contribution in [0.2, 0.25) is 0 Å². The van der Waals surface area contributed by atoms with Gasteiger partial charge in [-0.2, -0.15) is 0 Å². The monoisotopic (exact) mass is 271 g/mol. The summed E-state index contributed by atoms with van der Waals surface area (Å²) in [5.41, 5.74) is 4.53. The van der Waals surface area contributed by atoms with Crippen molar-refractivity contribution < 1.29 is 19.7 Å². The van der Waals surface area contributed by atoms with E-state index in [1.165, 1.54) is 4.90 Å². The molecule has 0 bridgehead atoms. The summed E-state index contributed by atoms with van der Waals surface area (Å²) in [6.07, 6.45) is 1.88. The molecular formula is C12H21N3O4. The van der Waals surface area contributed by atoms with Crippen LogP contribution in [0.1, 0.15) is 20.3 Å². The van der Waals surface area contributed by atoms with Crippen LogP contribution in [0.3, 0.4) is 0 Å². The van der Waals surface area contributed by atoms with Gasteiger partial charge >= 0.3 is 6.03 Å². The molecule has 1 fully saturated rings. The molecule has 19 heavy (non-hydrogen) atoms. The Morgan fingerprint density at radius 3 is 2.84 bits per heavy atom. The van der Waals surface area contributed by atoms with Gasteiger partial charge in [0.05, 0.1) is 18.9 Å². The number of aliphatic hydroxyl groups is 2. The molecule has 1 saturated heterocycles. The number of nitrogens with zero attached hydrogens (tertiary/aromatic N) is 1. The van der Waals surface area contributed by atoms with Gasteiger partial charge < -0.3 is 26.0 Å². The second kappa shape index (κ2) is 5.09. The number of carbonyl (C=O) groups excluding carboxylic acids is 1. The van der Waals surface area contributed by atoms with E-state index in [2.05, 4.69) is 5.32 Å². The van der Waals surface area contributed by atoms with Gasteiger partial charge in [-0.15, -0.1) is 0 Å². The van der Waals surface area contributed by atoms with Gasteiger partial charge in [0.1, 0.15) is 11.8 Å². The molecule has 2 rings (SSSR count). The SMILES string of the molecule is CC[C@@H]1[C@H](N2C=CC(N)NC2=O)O[C@](C)(CO)[C@H]1O. The Labute approximate surface area is 112 Å². The Morgan fingerprint density at radius 2 is 2.32 bits per heavy atom. The van der Waals surface area contributed by atoms with Gasteiger partial charge in [-0.05, 0) is 19.4 Å². The van der Waals surface area contributed by atoms with Crippen molar-refractivity contribution in [1.82, 2.24) is 10.2 Å². The number of hydrogen-bond donors (Lipinski definition) is 4. The van der Waals surface area contributed by atoms with Crippen LogP contribution in [0.15, 0.2) is 12.3 Å². The lowest BCUT2D eigenvalue weighted by atomic mass is 9.89. The minimum absolute atomic E-state index is 0.262. The summed E-state index contributed by atoms with van der Waals surface area (Å²) in [5.74, 6) is -0.262. The van der Waals surface area contributed by atoms with Gasteiger partial charge in [0.15, 0.2) is 0 Å². The van der Waals surface area contributed by atoms with E-state index in [9.17, 15) is 15.0 Å². The van der Waals surface area contributed by atoms with E-state index in [4.69, 9.17) is 10.5 Å². The van der Waals surface area contributed by atoms with Crippen molar-refractivity contribution in [2.24, 2.45) is 11.7 Å². The highest BCUT2D eigenvalue weighted by Crippen LogP contribution is 2.39. The number of aliphatic hydroxyl groups excluding tert-OH is 2. The Morgan fingerprint density at radius 1 is 1.63 bits per heavy atom. The van der Waals surface area contributed by atoms with Crippen LogP contribution in [0.25, 0.3) is 0 Å². The quantitative estimate of drug-likeness (QED) is 0.543. The molecule has 2 aliphatic rings. The molecule has 2 amide bonds. The first-order valence-corrected chi connectivity index (χ1v) is 6.42. The van der Waals surface area contributed by atoms with E-state index < -0.39 is 24.1 Å². The fourth-order valence-electron chi connectivity index (χ4n) is 2.58. The van der Waals surface area contributed by atoms with Gasteiger partial charge in [-0.25, -0.2) is 4.79 Å². The number of carbonyl (C=O) groups is 1. The number of nitrogens with two attached hydrogens (primary N) is 1. The zero-order valence-electron chi connectivity index (χ0n) is 11.1. The molecule has 2 aliphatic heterocycles. The number of urea groups is 1. The average Bonchev–Trinajstić information content (AvgIpc) is 2.62. The summed E-state index contributed by atoms with van der Waals surface area (Å²) in [6, 6.07) is -0.368. The lowest BCUT2D eigenvalue weighted by molar-refractivity contribution is -0.121. The van der Waals surface area contributed by atoms with Crippen LogP contribution in [-0.2, 0) is 4.74 Å². The van der Waals surface area contributed by atoms with Gasteiger partial charge in [0.25, 0.3) is 0 Å². The molecule has 7 nitrogen and oxygen atoms in total. The summed E-state index contributed by atoms with van der Waals surface area (Å²) in [7, 11) is 0. The maximum absolute atomic E-state index is 11.9. The zero-order valence-corrected chi connectivity index (χ0v) is 11.1. The number of rotatable bonds is 3. The summed E-state index contributed by atoms with van der Waals surface area (Å²) in [4.78, 5) is 13.3. The van der Waals surface area contributed by atoms with E-state index in [0.29, 0.717) is 6.42 Å². The van der Waals surface area contributed by atoms with Crippen LogP contribution >= 0.6 is 0 Å². The molecule has 5 atom stereocenters. The summed E-state index contributed by atoms with van der Waals surface area (Å²) < 4.78 is 5.73. The highest BCUT2D eigenvalue weighted by atomic mass is 16.6. The molecule has 0 aromatic rings.